The molecule has 0 aromatic heterocycles. The number of methoxy groups -OCH3 is 1. The Morgan fingerprint density at radius 3 is 2.78 bits per heavy atom. The second-order valence-electron chi connectivity index (χ2n) is 13.8. The number of carbonyl (C=O) groups excluding carboxylic acids is 1. The highest BCUT2D eigenvalue weighted by Gasteiger charge is 2.50. The number of rotatable bonds is 10. The number of carbonyl (C=O) groups is 1. The first-order valence-corrected chi connectivity index (χ1v) is 17.1. The van der Waals surface area contributed by atoms with Gasteiger partial charge in [0.1, 0.15) is 36.6 Å². The summed E-state index contributed by atoms with van der Waals surface area (Å²) in [6.45, 7) is 2.57. The second kappa shape index (κ2) is 13.3. The number of benzene rings is 3. The van der Waals surface area contributed by atoms with Crippen LogP contribution in [0, 0.1) is 5.92 Å². The highest BCUT2D eigenvalue weighted by molar-refractivity contribution is 5.84. The summed E-state index contributed by atoms with van der Waals surface area (Å²) in [6.07, 6.45) is 10.1. The SMILES string of the molecule is CNCCOc1cc([C@H]2Oc3c(ccc4c3[C@@]3(CC[C@@H](CC5=CNC(N)C=C5)C3)Cc3cc(O)cc(OC)c3-4)[C@@H]2COC(C)=O)ccc1O. The van der Waals surface area contributed by atoms with Gasteiger partial charge in [-0.25, -0.2) is 0 Å². The molecule has 1 spiro atoms. The van der Waals surface area contributed by atoms with Gasteiger partial charge in [-0.2, -0.15) is 0 Å². The molecule has 4 aliphatic rings. The summed E-state index contributed by atoms with van der Waals surface area (Å²) < 4.78 is 24.5. The molecule has 5 atom stereocenters. The van der Waals surface area contributed by atoms with Crippen LogP contribution in [0.25, 0.3) is 11.1 Å². The third kappa shape index (κ3) is 6.19. The van der Waals surface area contributed by atoms with Crippen molar-refractivity contribution in [2.75, 3.05) is 33.9 Å². The molecule has 2 aliphatic heterocycles. The van der Waals surface area contributed by atoms with Crippen LogP contribution < -0.4 is 30.6 Å². The third-order valence-electron chi connectivity index (χ3n) is 10.5. The first-order valence-electron chi connectivity index (χ1n) is 17.1. The molecule has 2 heterocycles. The van der Waals surface area contributed by atoms with Crippen LogP contribution in [0.5, 0.6) is 28.7 Å². The highest BCUT2D eigenvalue weighted by Crippen LogP contribution is 2.62. The van der Waals surface area contributed by atoms with Crippen LogP contribution in [0.1, 0.15) is 66.9 Å². The van der Waals surface area contributed by atoms with Crippen molar-refractivity contribution >= 4 is 5.97 Å². The molecule has 2 aliphatic carbocycles. The summed E-state index contributed by atoms with van der Waals surface area (Å²) in [7, 11) is 3.48. The Labute approximate surface area is 286 Å². The van der Waals surface area contributed by atoms with E-state index in [9.17, 15) is 15.0 Å². The zero-order valence-electron chi connectivity index (χ0n) is 28.3. The number of aromatic hydroxyl groups is 2. The standard InChI is InChI=1S/C39H45N3O7/c1-22(43)48-21-30-28-6-7-29-35-26(15-27(44)17-33(35)46-3)19-39(11-10-23(18-39)14-24-4-9-34(40)42-20-24)36(29)38(28)49-37(30)25-5-8-31(45)32(16-25)47-13-12-41-2/h4-9,15-17,20,23,30,34,37,41-42,44-45H,10-14,18-19,21,40H2,1-3H3/t23-,30-,34?,37+,39+/m0/s1. The molecule has 3 aromatic carbocycles. The monoisotopic (exact) mass is 667 g/mol. The van der Waals surface area contributed by atoms with Gasteiger partial charge in [0.25, 0.3) is 0 Å². The fraction of sp³-hybridized carbons (Fsp3) is 0.410. The molecule has 49 heavy (non-hydrogen) atoms. The summed E-state index contributed by atoms with van der Waals surface area (Å²) in [5.74, 6) is 1.82. The number of likely N-dealkylation sites (N-methyl/N-ethyl adjacent to an activating group) is 1. The molecule has 7 rings (SSSR count). The third-order valence-corrected chi connectivity index (χ3v) is 10.5. The number of dihydropyridines is 1. The average molecular weight is 668 g/mol. The smallest absolute Gasteiger partial charge is 0.302 e. The molecule has 0 saturated heterocycles. The van der Waals surface area contributed by atoms with E-state index in [1.807, 2.05) is 37.5 Å². The number of nitrogens with two attached hydrogens (primary N) is 1. The molecule has 0 amide bonds. The molecule has 3 aromatic rings. The molecule has 10 heteroatoms. The second-order valence-corrected chi connectivity index (χ2v) is 13.8. The highest BCUT2D eigenvalue weighted by atomic mass is 16.5. The normalized spacial score (nSPS) is 24.7. The molecule has 6 N–H and O–H groups in total. The van der Waals surface area contributed by atoms with Crippen LogP contribution in [-0.4, -0.2) is 56.3 Å². The van der Waals surface area contributed by atoms with Crippen molar-refractivity contribution in [3.63, 3.8) is 0 Å². The summed E-state index contributed by atoms with van der Waals surface area (Å²) in [4.78, 5) is 12.1. The lowest BCUT2D eigenvalue weighted by atomic mass is 9.65. The van der Waals surface area contributed by atoms with Gasteiger partial charge < -0.3 is 45.5 Å². The number of nitrogens with one attached hydrogen (secondary N) is 2. The Hall–Kier alpha value is -4.67. The molecule has 1 unspecified atom stereocenters. The lowest BCUT2D eigenvalue weighted by Gasteiger charge is -2.39. The summed E-state index contributed by atoms with van der Waals surface area (Å²) in [5.41, 5.74) is 13.0. The van der Waals surface area contributed by atoms with Gasteiger partial charge in [0, 0.05) is 47.8 Å². The lowest BCUT2D eigenvalue weighted by molar-refractivity contribution is -0.141. The molecular weight excluding hydrogens is 622 g/mol. The number of hydrogen-bond acceptors (Lipinski definition) is 10. The lowest BCUT2D eigenvalue weighted by Crippen LogP contribution is -2.33. The van der Waals surface area contributed by atoms with Gasteiger partial charge in [-0.3, -0.25) is 4.79 Å². The van der Waals surface area contributed by atoms with E-state index in [1.165, 1.54) is 12.5 Å². The van der Waals surface area contributed by atoms with Crippen LogP contribution >= 0.6 is 0 Å². The van der Waals surface area contributed by atoms with Gasteiger partial charge in [-0.1, -0.05) is 24.3 Å². The largest absolute Gasteiger partial charge is 0.508 e. The van der Waals surface area contributed by atoms with Gasteiger partial charge in [0.15, 0.2) is 11.5 Å². The molecule has 258 valence electrons. The zero-order chi connectivity index (χ0) is 34.3. The van der Waals surface area contributed by atoms with Crippen molar-refractivity contribution in [1.82, 2.24) is 10.6 Å². The van der Waals surface area contributed by atoms with Crippen molar-refractivity contribution in [3.8, 4) is 39.9 Å². The predicted molar refractivity (Wildman–Crippen MR) is 186 cm³/mol. The number of ether oxygens (including phenoxy) is 4. The van der Waals surface area contributed by atoms with Gasteiger partial charge in [0.05, 0.1) is 19.2 Å². The first kappa shape index (κ1) is 32.9. The fourth-order valence-corrected chi connectivity index (χ4v) is 8.41. The number of hydrogen-bond donors (Lipinski definition) is 5. The maximum atomic E-state index is 12.1. The van der Waals surface area contributed by atoms with Crippen molar-refractivity contribution in [2.45, 2.75) is 62.6 Å². The molecular formula is C39H45N3O7. The fourth-order valence-electron chi connectivity index (χ4n) is 8.41. The molecule has 0 radical (unpaired) electrons. The van der Waals surface area contributed by atoms with E-state index in [1.54, 1.807) is 19.2 Å². The van der Waals surface area contributed by atoms with E-state index < -0.39 is 6.10 Å². The topological polar surface area (TPSA) is 145 Å². The zero-order valence-corrected chi connectivity index (χ0v) is 28.3. The van der Waals surface area contributed by atoms with Gasteiger partial charge >= 0.3 is 5.97 Å². The van der Waals surface area contributed by atoms with Crippen LogP contribution in [0.3, 0.4) is 0 Å². The Morgan fingerprint density at radius 1 is 1.16 bits per heavy atom. The van der Waals surface area contributed by atoms with E-state index >= 15 is 0 Å². The van der Waals surface area contributed by atoms with Gasteiger partial charge in [-0.15, -0.1) is 0 Å². The van der Waals surface area contributed by atoms with E-state index in [0.29, 0.717) is 30.6 Å². The molecule has 1 saturated carbocycles. The summed E-state index contributed by atoms with van der Waals surface area (Å²) in [6, 6.07) is 13.1. The summed E-state index contributed by atoms with van der Waals surface area (Å²) in [5, 5.41) is 27.6. The predicted octanol–water partition coefficient (Wildman–Crippen LogP) is 5.46. The summed E-state index contributed by atoms with van der Waals surface area (Å²) >= 11 is 0. The van der Waals surface area contributed by atoms with Crippen LogP contribution in [0.2, 0.25) is 0 Å². The van der Waals surface area contributed by atoms with Crippen molar-refractivity contribution < 1.29 is 34.0 Å². The average Bonchev–Trinajstić information content (AvgIpc) is 3.66. The number of phenols is 2. The Kier molecular flexibility index (Phi) is 8.94. The van der Waals surface area contributed by atoms with Crippen molar-refractivity contribution in [3.05, 3.63) is 88.6 Å². The minimum Gasteiger partial charge on any atom is -0.508 e. The number of esters is 1. The number of phenolic OH excluding ortho intramolecular Hbond substituents is 2. The van der Waals surface area contributed by atoms with E-state index in [4.69, 9.17) is 24.7 Å². The molecule has 10 nitrogen and oxygen atoms in total. The minimum atomic E-state index is -0.488. The first-order chi connectivity index (χ1) is 23.7. The van der Waals surface area contributed by atoms with Crippen LogP contribution in [-0.2, 0) is 21.4 Å². The van der Waals surface area contributed by atoms with Gasteiger partial charge in [-0.05, 0) is 91.6 Å². The quantitative estimate of drug-likeness (QED) is 0.140. The number of fused-ring (bicyclic) bond motifs is 6. The van der Waals surface area contributed by atoms with E-state index in [2.05, 4.69) is 28.8 Å². The molecule has 1 fully saturated rings. The minimum absolute atomic E-state index is 0.0484. The maximum Gasteiger partial charge on any atom is 0.302 e. The van der Waals surface area contributed by atoms with Crippen LogP contribution in [0.4, 0.5) is 0 Å². The van der Waals surface area contributed by atoms with Crippen molar-refractivity contribution in [2.24, 2.45) is 11.7 Å². The Balaban J connectivity index is 1.33. The van der Waals surface area contributed by atoms with E-state index in [-0.39, 0.29) is 41.6 Å². The Morgan fingerprint density at radius 2 is 2.02 bits per heavy atom. The van der Waals surface area contributed by atoms with E-state index in [0.717, 1.165) is 71.2 Å². The number of allylic oxidation sites excluding steroid dienone is 2. The molecule has 0 bridgehead atoms. The van der Waals surface area contributed by atoms with Gasteiger partial charge in [0.2, 0.25) is 0 Å². The Bertz CT molecular complexity index is 1820. The van der Waals surface area contributed by atoms with Crippen molar-refractivity contribution in [1.29, 1.82) is 0 Å². The maximum absolute atomic E-state index is 12.1. The van der Waals surface area contributed by atoms with Crippen LogP contribution in [0.15, 0.2) is 66.4 Å².